The lowest BCUT2D eigenvalue weighted by molar-refractivity contribution is 0.00287. The van der Waals surface area contributed by atoms with Crippen molar-refractivity contribution in [1.29, 1.82) is 0 Å². The molecule has 0 aromatic carbocycles. The minimum absolute atomic E-state index is 0.0488. The van der Waals surface area contributed by atoms with Crippen LogP contribution in [0.4, 0.5) is 0 Å². The Balaban J connectivity index is 1.96. The minimum atomic E-state index is 0.0488. The number of carbonyl (C=O) groups is 1. The molecule has 0 atom stereocenters. The minimum Gasteiger partial charge on any atom is -0.381 e. The highest BCUT2D eigenvalue weighted by Gasteiger charge is 2.33. The van der Waals surface area contributed by atoms with Gasteiger partial charge in [-0.15, -0.1) is 11.3 Å². The molecule has 0 saturated carbocycles. The molecule has 20 heavy (non-hydrogen) atoms. The first kappa shape index (κ1) is 15.5. The van der Waals surface area contributed by atoms with E-state index in [4.69, 9.17) is 4.74 Å². The van der Waals surface area contributed by atoms with Crippen LogP contribution >= 0.6 is 11.3 Å². The predicted molar refractivity (Wildman–Crippen MR) is 82.4 cm³/mol. The second kappa shape index (κ2) is 6.70. The Hall–Kier alpha value is -0.910. The zero-order valence-electron chi connectivity index (χ0n) is 12.6. The average molecular weight is 296 g/mol. The fraction of sp³-hybridized carbons (Fsp3) is 0.667. The van der Waals surface area contributed by atoms with Crippen molar-refractivity contribution in [2.24, 2.45) is 5.41 Å². The zero-order chi connectivity index (χ0) is 14.6. The number of nitrogens with one attached hydrogen (secondary N) is 1. The standard InChI is InChI=1S/C15H24N2O2S/c1-12-4-5-13(20-12)14(18)16-10-15(11-17(2)3)6-8-19-9-7-15/h4-5H,6-11H2,1-3H3,(H,16,18). The SMILES string of the molecule is Cc1ccc(C(=O)NCC2(CN(C)C)CCOCC2)s1. The van der Waals surface area contributed by atoms with Crippen LogP contribution in [0, 0.1) is 12.3 Å². The van der Waals surface area contributed by atoms with Gasteiger partial charge >= 0.3 is 0 Å². The van der Waals surface area contributed by atoms with Gasteiger partial charge in [-0.3, -0.25) is 4.79 Å². The molecule has 0 radical (unpaired) electrons. The highest BCUT2D eigenvalue weighted by molar-refractivity contribution is 7.13. The molecule has 2 heterocycles. The number of nitrogens with zero attached hydrogens (tertiary/aromatic N) is 1. The fourth-order valence-electron chi connectivity index (χ4n) is 2.78. The first-order valence-electron chi connectivity index (χ1n) is 7.08. The van der Waals surface area contributed by atoms with Crippen molar-refractivity contribution in [2.45, 2.75) is 19.8 Å². The molecule has 1 amide bonds. The summed E-state index contributed by atoms with van der Waals surface area (Å²) in [5.41, 5.74) is 0.143. The summed E-state index contributed by atoms with van der Waals surface area (Å²) in [4.78, 5) is 16.4. The van der Waals surface area contributed by atoms with Crippen LogP contribution in [0.1, 0.15) is 27.4 Å². The molecule has 2 rings (SSSR count). The van der Waals surface area contributed by atoms with Crippen molar-refractivity contribution in [3.05, 3.63) is 21.9 Å². The molecule has 1 aromatic rings. The van der Waals surface area contributed by atoms with Gasteiger partial charge in [-0.25, -0.2) is 0 Å². The average Bonchev–Trinajstić information content (AvgIpc) is 2.83. The largest absolute Gasteiger partial charge is 0.381 e. The smallest absolute Gasteiger partial charge is 0.261 e. The second-order valence-electron chi connectivity index (χ2n) is 5.94. The number of hydrogen-bond donors (Lipinski definition) is 1. The van der Waals surface area contributed by atoms with E-state index in [0.717, 1.165) is 44.0 Å². The summed E-state index contributed by atoms with van der Waals surface area (Å²) in [6.45, 7) is 5.32. The summed E-state index contributed by atoms with van der Waals surface area (Å²) in [7, 11) is 4.17. The molecule has 1 N–H and O–H groups in total. The van der Waals surface area contributed by atoms with Gasteiger partial charge in [0.25, 0.3) is 5.91 Å². The molecular formula is C15H24N2O2S. The third-order valence-electron chi connectivity index (χ3n) is 3.79. The Morgan fingerprint density at radius 1 is 1.40 bits per heavy atom. The van der Waals surface area contributed by atoms with Gasteiger partial charge in [0.1, 0.15) is 0 Å². The normalized spacial score (nSPS) is 18.2. The molecule has 0 spiro atoms. The maximum atomic E-state index is 12.2. The molecule has 1 aliphatic rings. The van der Waals surface area contributed by atoms with E-state index < -0.39 is 0 Å². The van der Waals surface area contributed by atoms with Crippen LogP contribution in [-0.4, -0.2) is 51.2 Å². The maximum absolute atomic E-state index is 12.2. The lowest BCUT2D eigenvalue weighted by Crippen LogP contribution is -2.46. The topological polar surface area (TPSA) is 41.6 Å². The van der Waals surface area contributed by atoms with Crippen LogP contribution in [0.15, 0.2) is 12.1 Å². The molecule has 1 aromatic heterocycles. The Labute approximate surface area is 125 Å². The maximum Gasteiger partial charge on any atom is 0.261 e. The molecule has 0 aliphatic carbocycles. The van der Waals surface area contributed by atoms with Gasteiger partial charge in [-0.1, -0.05) is 0 Å². The van der Waals surface area contributed by atoms with Crippen LogP contribution < -0.4 is 5.32 Å². The van der Waals surface area contributed by atoms with Gasteiger partial charge in [0.15, 0.2) is 0 Å². The number of amides is 1. The van der Waals surface area contributed by atoms with E-state index in [2.05, 4.69) is 24.3 Å². The van der Waals surface area contributed by atoms with E-state index in [1.165, 1.54) is 4.88 Å². The van der Waals surface area contributed by atoms with E-state index in [1.807, 2.05) is 19.1 Å². The van der Waals surface area contributed by atoms with Crippen LogP contribution in [0.3, 0.4) is 0 Å². The Bertz CT molecular complexity index is 450. The van der Waals surface area contributed by atoms with Crippen molar-refractivity contribution in [3.63, 3.8) is 0 Å². The van der Waals surface area contributed by atoms with E-state index in [1.54, 1.807) is 11.3 Å². The highest BCUT2D eigenvalue weighted by atomic mass is 32.1. The number of rotatable bonds is 5. The lowest BCUT2D eigenvalue weighted by atomic mass is 9.79. The van der Waals surface area contributed by atoms with Gasteiger partial charge in [0, 0.05) is 36.6 Å². The number of aryl methyl sites for hydroxylation is 1. The first-order valence-corrected chi connectivity index (χ1v) is 7.90. The molecule has 0 bridgehead atoms. The summed E-state index contributed by atoms with van der Waals surface area (Å²) in [5, 5.41) is 3.12. The quantitative estimate of drug-likeness (QED) is 0.905. The molecular weight excluding hydrogens is 272 g/mol. The van der Waals surface area contributed by atoms with Crippen LogP contribution in [0.2, 0.25) is 0 Å². The number of ether oxygens (including phenoxy) is 1. The van der Waals surface area contributed by atoms with Crippen molar-refractivity contribution >= 4 is 17.2 Å². The molecule has 4 nitrogen and oxygen atoms in total. The van der Waals surface area contributed by atoms with E-state index in [-0.39, 0.29) is 11.3 Å². The number of hydrogen-bond acceptors (Lipinski definition) is 4. The van der Waals surface area contributed by atoms with Gasteiger partial charge in [0.2, 0.25) is 0 Å². The van der Waals surface area contributed by atoms with E-state index >= 15 is 0 Å². The number of thiophene rings is 1. The molecule has 1 saturated heterocycles. The fourth-order valence-corrected chi connectivity index (χ4v) is 3.56. The summed E-state index contributed by atoms with van der Waals surface area (Å²) >= 11 is 1.55. The van der Waals surface area contributed by atoms with Crippen molar-refractivity contribution < 1.29 is 9.53 Å². The summed E-state index contributed by atoms with van der Waals surface area (Å²) in [5.74, 6) is 0.0488. The molecule has 1 aliphatic heterocycles. The van der Waals surface area contributed by atoms with Crippen LogP contribution in [0.5, 0.6) is 0 Å². The number of carbonyl (C=O) groups excluding carboxylic acids is 1. The van der Waals surface area contributed by atoms with Crippen molar-refractivity contribution in [2.75, 3.05) is 40.4 Å². The highest BCUT2D eigenvalue weighted by Crippen LogP contribution is 2.30. The van der Waals surface area contributed by atoms with Crippen LogP contribution in [0.25, 0.3) is 0 Å². The van der Waals surface area contributed by atoms with Gasteiger partial charge < -0.3 is 15.0 Å². The van der Waals surface area contributed by atoms with Gasteiger partial charge in [-0.2, -0.15) is 0 Å². The van der Waals surface area contributed by atoms with Crippen molar-refractivity contribution in [3.8, 4) is 0 Å². The van der Waals surface area contributed by atoms with E-state index in [0.29, 0.717) is 0 Å². The predicted octanol–water partition coefficient (Wildman–Crippen LogP) is 2.14. The molecule has 5 heteroatoms. The van der Waals surface area contributed by atoms with Gasteiger partial charge in [-0.05, 0) is 46.0 Å². The summed E-state index contributed by atoms with van der Waals surface area (Å²) in [6.07, 6.45) is 2.02. The third kappa shape index (κ3) is 4.04. The Kier molecular flexibility index (Phi) is 5.18. The summed E-state index contributed by atoms with van der Waals surface area (Å²) in [6, 6.07) is 3.89. The first-order chi connectivity index (χ1) is 9.51. The van der Waals surface area contributed by atoms with Gasteiger partial charge in [0.05, 0.1) is 4.88 Å². The Morgan fingerprint density at radius 3 is 2.65 bits per heavy atom. The van der Waals surface area contributed by atoms with Crippen LogP contribution in [-0.2, 0) is 4.74 Å². The monoisotopic (exact) mass is 296 g/mol. The lowest BCUT2D eigenvalue weighted by Gasteiger charge is -2.39. The zero-order valence-corrected chi connectivity index (χ0v) is 13.4. The Morgan fingerprint density at radius 2 is 2.10 bits per heavy atom. The third-order valence-corrected chi connectivity index (χ3v) is 4.79. The van der Waals surface area contributed by atoms with Crippen molar-refractivity contribution in [1.82, 2.24) is 10.2 Å². The summed E-state index contributed by atoms with van der Waals surface area (Å²) < 4.78 is 5.47. The molecule has 1 fully saturated rings. The second-order valence-corrected chi connectivity index (χ2v) is 7.23. The van der Waals surface area contributed by atoms with E-state index in [9.17, 15) is 4.79 Å². The molecule has 0 unspecified atom stereocenters. The molecule has 112 valence electrons.